The number of hydrogen-bond acceptors (Lipinski definition) is 3. The van der Waals surface area contributed by atoms with Crippen molar-refractivity contribution >= 4 is 11.8 Å². The average molecular weight is 290 g/mol. The molecule has 2 fully saturated rings. The first-order valence-corrected chi connectivity index (χ1v) is 7.83. The Kier molecular flexibility index (Phi) is 4.14. The van der Waals surface area contributed by atoms with E-state index in [0.29, 0.717) is 13.0 Å². The van der Waals surface area contributed by atoms with Crippen LogP contribution in [0.15, 0.2) is 24.3 Å². The lowest BCUT2D eigenvalue weighted by molar-refractivity contribution is -0.146. The Hall–Kier alpha value is -1.38. The number of rotatable bonds is 5. The van der Waals surface area contributed by atoms with Crippen LogP contribution < -0.4 is 0 Å². The normalized spacial score (nSPS) is 33.2. The fourth-order valence-corrected chi connectivity index (χ4v) is 4.00. The van der Waals surface area contributed by atoms with Crippen LogP contribution in [0, 0.1) is 22.7 Å². The molecule has 0 spiro atoms. The van der Waals surface area contributed by atoms with Crippen molar-refractivity contribution in [2.24, 2.45) is 22.7 Å². The second kappa shape index (κ2) is 5.43. The van der Waals surface area contributed by atoms with E-state index in [0.717, 1.165) is 18.4 Å². The van der Waals surface area contributed by atoms with Gasteiger partial charge >= 0.3 is 5.97 Å². The fraction of sp³-hybridized carbons (Fsp3) is 0.667. The third kappa shape index (κ3) is 2.27. The Morgan fingerprint density at radius 1 is 1.48 bits per heavy atom. The van der Waals surface area contributed by atoms with E-state index < -0.39 is 0 Å². The molecular weight excluding hydrogens is 264 g/mol. The number of allylic oxidation sites excluding steroid dienone is 2. The smallest absolute Gasteiger partial charge is 0.313 e. The van der Waals surface area contributed by atoms with E-state index >= 15 is 0 Å². The summed E-state index contributed by atoms with van der Waals surface area (Å²) in [5, 5.41) is 0. The molecule has 0 aromatic carbocycles. The molecule has 2 aliphatic rings. The Bertz CT molecular complexity index is 501. The van der Waals surface area contributed by atoms with Crippen LogP contribution in [0.3, 0.4) is 0 Å². The highest BCUT2D eigenvalue weighted by Gasteiger charge is 2.63. The molecule has 2 saturated carbocycles. The van der Waals surface area contributed by atoms with Gasteiger partial charge in [-0.25, -0.2) is 0 Å². The first kappa shape index (κ1) is 16.0. The Morgan fingerprint density at radius 2 is 2.14 bits per heavy atom. The first-order chi connectivity index (χ1) is 9.79. The second-order valence-electron chi connectivity index (χ2n) is 6.98. The van der Waals surface area contributed by atoms with Gasteiger partial charge in [0.1, 0.15) is 0 Å². The second-order valence-corrected chi connectivity index (χ2v) is 6.98. The van der Waals surface area contributed by atoms with Crippen LogP contribution in [0.4, 0.5) is 0 Å². The van der Waals surface area contributed by atoms with Crippen LogP contribution >= 0.6 is 0 Å². The molecule has 0 unspecified atom stereocenters. The van der Waals surface area contributed by atoms with Crippen molar-refractivity contribution < 1.29 is 14.3 Å². The zero-order chi connectivity index (χ0) is 15.8. The van der Waals surface area contributed by atoms with Gasteiger partial charge in [-0.05, 0) is 43.1 Å². The van der Waals surface area contributed by atoms with Crippen molar-refractivity contribution in [1.29, 1.82) is 0 Å². The molecule has 0 aromatic rings. The van der Waals surface area contributed by atoms with Crippen LogP contribution in [-0.2, 0) is 14.3 Å². The maximum Gasteiger partial charge on any atom is 0.313 e. The molecule has 0 radical (unpaired) electrons. The fourth-order valence-electron chi connectivity index (χ4n) is 4.00. The maximum absolute atomic E-state index is 12.8. The predicted molar refractivity (Wildman–Crippen MR) is 82.6 cm³/mol. The highest BCUT2D eigenvalue weighted by Crippen LogP contribution is 2.65. The summed E-state index contributed by atoms with van der Waals surface area (Å²) in [4.78, 5) is 24.8. The summed E-state index contributed by atoms with van der Waals surface area (Å²) in [5.74, 6) is -0.164. The molecule has 0 aliphatic heterocycles. The van der Waals surface area contributed by atoms with Gasteiger partial charge in [0.05, 0.1) is 12.5 Å². The largest absolute Gasteiger partial charge is 0.466 e. The number of hydrogen-bond donors (Lipinski definition) is 0. The van der Waals surface area contributed by atoms with Crippen molar-refractivity contribution in [2.45, 2.75) is 47.0 Å². The predicted octanol–water partition coefficient (Wildman–Crippen LogP) is 3.69. The van der Waals surface area contributed by atoms with Crippen molar-refractivity contribution in [3.8, 4) is 0 Å². The minimum atomic E-state index is -0.389. The Labute approximate surface area is 127 Å². The van der Waals surface area contributed by atoms with Gasteiger partial charge in [0.25, 0.3) is 0 Å². The monoisotopic (exact) mass is 290 g/mol. The number of fused-ring (bicyclic) bond motifs is 2. The van der Waals surface area contributed by atoms with Gasteiger partial charge < -0.3 is 4.74 Å². The van der Waals surface area contributed by atoms with Gasteiger partial charge in [-0.15, -0.1) is 6.58 Å². The third-order valence-corrected chi connectivity index (χ3v) is 5.76. The highest BCUT2D eigenvalue weighted by molar-refractivity contribution is 6.05. The van der Waals surface area contributed by atoms with Crippen molar-refractivity contribution in [1.82, 2.24) is 0 Å². The molecule has 0 saturated heterocycles. The summed E-state index contributed by atoms with van der Waals surface area (Å²) in [6.45, 7) is 12.3. The zero-order valence-corrected chi connectivity index (χ0v) is 13.6. The molecule has 116 valence electrons. The van der Waals surface area contributed by atoms with Gasteiger partial charge in [0, 0.05) is 5.41 Å². The summed E-state index contributed by atoms with van der Waals surface area (Å²) in [6, 6.07) is 0. The van der Waals surface area contributed by atoms with Crippen molar-refractivity contribution in [2.75, 3.05) is 6.61 Å². The molecule has 0 heterocycles. The Balaban J connectivity index is 2.34. The number of Topliss-reactive ketones (excluding diaryl/α,β-unsaturated/α-hetero) is 1. The number of esters is 1. The molecule has 3 heteroatoms. The van der Waals surface area contributed by atoms with Crippen molar-refractivity contribution in [3.05, 3.63) is 24.3 Å². The van der Waals surface area contributed by atoms with Gasteiger partial charge in [0.15, 0.2) is 5.78 Å². The summed E-state index contributed by atoms with van der Waals surface area (Å²) in [5.41, 5.74) is 0.536. The van der Waals surface area contributed by atoms with Crippen LogP contribution in [0.25, 0.3) is 0 Å². The molecule has 2 rings (SSSR count). The number of ether oxygens (including phenoxy) is 1. The molecule has 2 bridgehead atoms. The highest BCUT2D eigenvalue weighted by atomic mass is 16.5. The molecular formula is C18H26O3. The van der Waals surface area contributed by atoms with E-state index in [9.17, 15) is 9.59 Å². The number of carbonyl (C=O) groups excluding carboxylic acids is 2. The van der Waals surface area contributed by atoms with Crippen LogP contribution in [0.5, 0.6) is 0 Å². The minimum Gasteiger partial charge on any atom is -0.466 e. The lowest BCUT2D eigenvalue weighted by atomic mass is 9.70. The standard InChI is InChI=1S/C18H26O3/c1-6-8-12(16(20)21-7-2)11-13-14-9-10-18(5,15(13)19)17(14,3)4/h6,11-12,14H,1,7-10H2,2-5H3/b13-11+/t12-,14-,18-/m1/s1. The molecule has 0 amide bonds. The van der Waals surface area contributed by atoms with Crippen LogP contribution in [0.2, 0.25) is 0 Å². The number of carbonyl (C=O) groups is 2. The molecule has 0 N–H and O–H groups in total. The van der Waals surface area contributed by atoms with Crippen LogP contribution in [-0.4, -0.2) is 18.4 Å². The quantitative estimate of drug-likeness (QED) is 0.440. The lowest BCUT2D eigenvalue weighted by Gasteiger charge is -2.31. The minimum absolute atomic E-state index is 0.0245. The molecule has 3 nitrogen and oxygen atoms in total. The van der Waals surface area contributed by atoms with E-state index in [-0.39, 0.29) is 34.4 Å². The summed E-state index contributed by atoms with van der Waals surface area (Å²) >= 11 is 0. The molecule has 2 aliphatic carbocycles. The molecule has 3 atom stereocenters. The van der Waals surface area contributed by atoms with Crippen molar-refractivity contribution in [3.63, 3.8) is 0 Å². The van der Waals surface area contributed by atoms with Gasteiger partial charge in [-0.3, -0.25) is 9.59 Å². The topological polar surface area (TPSA) is 43.4 Å². The van der Waals surface area contributed by atoms with E-state index in [1.807, 2.05) is 6.08 Å². The summed E-state index contributed by atoms with van der Waals surface area (Å²) in [7, 11) is 0. The maximum atomic E-state index is 12.8. The molecule has 0 aromatic heterocycles. The number of ketones is 1. The van der Waals surface area contributed by atoms with E-state index in [4.69, 9.17) is 4.74 Å². The van der Waals surface area contributed by atoms with Crippen LogP contribution in [0.1, 0.15) is 47.0 Å². The van der Waals surface area contributed by atoms with E-state index in [2.05, 4.69) is 27.4 Å². The third-order valence-electron chi connectivity index (χ3n) is 5.76. The average Bonchev–Trinajstić information content (AvgIpc) is 2.72. The van der Waals surface area contributed by atoms with E-state index in [1.165, 1.54) is 0 Å². The van der Waals surface area contributed by atoms with Gasteiger partial charge in [-0.1, -0.05) is 32.9 Å². The van der Waals surface area contributed by atoms with Gasteiger partial charge in [-0.2, -0.15) is 0 Å². The van der Waals surface area contributed by atoms with Gasteiger partial charge in [0.2, 0.25) is 0 Å². The zero-order valence-electron chi connectivity index (χ0n) is 13.6. The Morgan fingerprint density at radius 3 is 2.62 bits per heavy atom. The van der Waals surface area contributed by atoms with E-state index in [1.54, 1.807) is 13.0 Å². The summed E-state index contributed by atoms with van der Waals surface area (Å²) in [6.07, 6.45) is 6.07. The first-order valence-electron chi connectivity index (χ1n) is 7.83. The lowest BCUT2D eigenvalue weighted by Crippen LogP contribution is -2.32. The SMILES string of the molecule is C=CC[C@H](/C=C1/C(=O)[C@@]2(C)CC[C@H]1C2(C)C)C(=O)OCC. The summed E-state index contributed by atoms with van der Waals surface area (Å²) < 4.78 is 5.12. The molecule has 21 heavy (non-hydrogen) atoms.